The smallest absolute Gasteiger partial charge is 0.227 e. The van der Waals surface area contributed by atoms with Gasteiger partial charge in [-0.2, -0.15) is 0 Å². The highest BCUT2D eigenvalue weighted by atomic mass is 19.1. The lowest BCUT2D eigenvalue weighted by Gasteiger charge is -2.31. The molecule has 1 N–H and O–H groups in total. The van der Waals surface area contributed by atoms with Crippen molar-refractivity contribution in [2.75, 3.05) is 54.5 Å². The van der Waals surface area contributed by atoms with E-state index in [-0.39, 0.29) is 11.8 Å². The number of morpholine rings is 1. The first-order chi connectivity index (χ1) is 12.5. The molecule has 0 spiro atoms. The fraction of sp³-hybridized carbons (Fsp3) is 0.684. The molecule has 0 radical (unpaired) electrons. The van der Waals surface area contributed by atoms with Crippen molar-refractivity contribution >= 4 is 23.2 Å². The van der Waals surface area contributed by atoms with Crippen LogP contribution in [-0.2, 0) is 9.53 Å². The van der Waals surface area contributed by atoms with E-state index in [1.54, 1.807) is 0 Å². The van der Waals surface area contributed by atoms with Crippen LogP contribution in [0.25, 0.3) is 0 Å². The third-order valence-electron chi connectivity index (χ3n) is 5.22. The van der Waals surface area contributed by atoms with Crippen molar-refractivity contribution in [1.82, 2.24) is 4.98 Å². The fourth-order valence-corrected chi connectivity index (χ4v) is 3.37. The molecule has 0 bridgehead atoms. The number of rotatable bonds is 5. The molecule has 144 valence electrons. The quantitative estimate of drug-likeness (QED) is 0.871. The van der Waals surface area contributed by atoms with Gasteiger partial charge in [0.15, 0.2) is 5.82 Å². The molecule has 6 nitrogen and oxygen atoms in total. The predicted octanol–water partition coefficient (Wildman–Crippen LogP) is 2.76. The number of anilines is 3. The van der Waals surface area contributed by atoms with Gasteiger partial charge in [-0.15, -0.1) is 0 Å². The molecule has 7 heteroatoms. The van der Waals surface area contributed by atoms with Crippen molar-refractivity contribution in [3.63, 3.8) is 0 Å². The second kappa shape index (κ2) is 8.20. The second-order valence-electron chi connectivity index (χ2n) is 7.23. The molecule has 2 fully saturated rings. The van der Waals surface area contributed by atoms with Crippen molar-refractivity contribution in [2.45, 2.75) is 39.8 Å². The fourth-order valence-electron chi connectivity index (χ4n) is 3.37. The van der Waals surface area contributed by atoms with Gasteiger partial charge in [-0.05, 0) is 31.4 Å². The number of aryl methyl sites for hydroxylation is 1. The highest BCUT2D eigenvalue weighted by Gasteiger charge is 2.28. The van der Waals surface area contributed by atoms with Gasteiger partial charge in [-0.1, -0.05) is 13.8 Å². The van der Waals surface area contributed by atoms with E-state index in [0.717, 1.165) is 30.9 Å². The number of halogens is 1. The van der Waals surface area contributed by atoms with Gasteiger partial charge in [0.05, 0.1) is 25.4 Å². The van der Waals surface area contributed by atoms with Gasteiger partial charge in [0.1, 0.15) is 12.0 Å². The number of aromatic nitrogens is 1. The van der Waals surface area contributed by atoms with Crippen LogP contribution in [0.4, 0.5) is 21.7 Å². The average molecular weight is 364 g/mol. The standard InChI is InChI=1S/C19H29FN4O2/c1-4-13(2)19(25)21-16-11-14(3)17(23-7-9-26-10-8-23)22-18(16)24-6-5-15(20)12-24/h11,13,15H,4-10,12H2,1-3H3,(H,21,25)/t13-,15+/m0/s1. The van der Waals surface area contributed by atoms with Crippen LogP contribution in [-0.4, -0.2) is 56.5 Å². The molecule has 3 rings (SSSR count). The Morgan fingerprint density at radius 3 is 2.69 bits per heavy atom. The van der Waals surface area contributed by atoms with Crippen molar-refractivity contribution in [1.29, 1.82) is 0 Å². The van der Waals surface area contributed by atoms with E-state index >= 15 is 0 Å². The maximum absolute atomic E-state index is 13.8. The number of amides is 1. The summed E-state index contributed by atoms with van der Waals surface area (Å²) >= 11 is 0. The summed E-state index contributed by atoms with van der Waals surface area (Å²) in [4.78, 5) is 21.4. The molecule has 0 aromatic carbocycles. The van der Waals surface area contributed by atoms with Crippen molar-refractivity contribution in [3.05, 3.63) is 11.6 Å². The zero-order valence-corrected chi connectivity index (χ0v) is 15.9. The number of pyridine rings is 1. The molecule has 3 heterocycles. The van der Waals surface area contributed by atoms with Gasteiger partial charge in [-0.3, -0.25) is 4.79 Å². The third-order valence-corrected chi connectivity index (χ3v) is 5.22. The number of hydrogen-bond acceptors (Lipinski definition) is 5. The molecule has 0 saturated carbocycles. The summed E-state index contributed by atoms with van der Waals surface area (Å²) in [6.45, 7) is 9.78. The van der Waals surface area contributed by atoms with Crippen LogP contribution in [0, 0.1) is 12.8 Å². The van der Waals surface area contributed by atoms with E-state index in [2.05, 4.69) is 10.2 Å². The monoisotopic (exact) mass is 364 g/mol. The normalized spacial score (nSPS) is 21.8. The first-order valence-electron chi connectivity index (χ1n) is 9.53. The van der Waals surface area contributed by atoms with Gasteiger partial charge < -0.3 is 19.9 Å². The van der Waals surface area contributed by atoms with E-state index in [9.17, 15) is 9.18 Å². The first-order valence-corrected chi connectivity index (χ1v) is 9.53. The summed E-state index contributed by atoms with van der Waals surface area (Å²) in [5.41, 5.74) is 1.69. The van der Waals surface area contributed by atoms with Gasteiger partial charge in [0, 0.05) is 25.6 Å². The minimum atomic E-state index is -0.844. The maximum Gasteiger partial charge on any atom is 0.227 e. The number of alkyl halides is 1. The third kappa shape index (κ3) is 4.09. The molecule has 2 saturated heterocycles. The Bertz CT molecular complexity index is 649. The number of carbonyl (C=O) groups excluding carboxylic acids is 1. The molecule has 1 aromatic rings. The lowest BCUT2D eigenvalue weighted by Crippen LogP contribution is -2.37. The highest BCUT2D eigenvalue weighted by molar-refractivity contribution is 5.95. The minimum absolute atomic E-state index is 0.0231. The molecule has 0 aliphatic carbocycles. The molecular formula is C19H29FN4O2. The number of hydrogen-bond donors (Lipinski definition) is 1. The zero-order valence-electron chi connectivity index (χ0n) is 15.9. The Morgan fingerprint density at radius 1 is 1.35 bits per heavy atom. The van der Waals surface area contributed by atoms with Gasteiger partial charge in [0.2, 0.25) is 5.91 Å². The SMILES string of the molecule is CC[C@H](C)C(=O)Nc1cc(C)c(N2CCOCC2)nc1N1CC[C@@H](F)C1. The second-order valence-corrected chi connectivity index (χ2v) is 7.23. The number of nitrogens with one attached hydrogen (secondary N) is 1. The van der Waals surface area contributed by atoms with E-state index in [0.29, 0.717) is 44.2 Å². The predicted molar refractivity (Wildman–Crippen MR) is 102 cm³/mol. The minimum Gasteiger partial charge on any atom is -0.378 e. The Morgan fingerprint density at radius 2 is 2.08 bits per heavy atom. The topological polar surface area (TPSA) is 57.7 Å². The van der Waals surface area contributed by atoms with E-state index in [4.69, 9.17) is 9.72 Å². The van der Waals surface area contributed by atoms with E-state index < -0.39 is 6.17 Å². The zero-order chi connectivity index (χ0) is 18.7. The molecule has 0 unspecified atom stereocenters. The summed E-state index contributed by atoms with van der Waals surface area (Å²) in [7, 11) is 0. The maximum atomic E-state index is 13.8. The largest absolute Gasteiger partial charge is 0.378 e. The molecule has 1 amide bonds. The Labute approximate surface area is 154 Å². The van der Waals surface area contributed by atoms with Crippen LogP contribution in [0.1, 0.15) is 32.3 Å². The average Bonchev–Trinajstić information content (AvgIpc) is 3.08. The number of ether oxygens (including phenoxy) is 1. The van der Waals surface area contributed by atoms with E-state index in [1.807, 2.05) is 31.7 Å². The molecule has 1 aromatic heterocycles. The molecule has 2 aliphatic heterocycles. The van der Waals surface area contributed by atoms with Gasteiger partial charge in [0.25, 0.3) is 0 Å². The Balaban J connectivity index is 1.93. The van der Waals surface area contributed by atoms with Gasteiger partial charge >= 0.3 is 0 Å². The van der Waals surface area contributed by atoms with Crippen molar-refractivity contribution in [2.24, 2.45) is 5.92 Å². The lowest BCUT2D eigenvalue weighted by atomic mass is 10.1. The summed E-state index contributed by atoms with van der Waals surface area (Å²) in [6, 6.07) is 1.97. The highest BCUT2D eigenvalue weighted by Crippen LogP contribution is 2.33. The first kappa shape index (κ1) is 18.9. The summed E-state index contributed by atoms with van der Waals surface area (Å²) < 4.78 is 19.2. The molecular weight excluding hydrogens is 335 g/mol. The molecule has 26 heavy (non-hydrogen) atoms. The Kier molecular flexibility index (Phi) is 5.96. The van der Waals surface area contributed by atoms with Crippen LogP contribution in [0.3, 0.4) is 0 Å². The van der Waals surface area contributed by atoms with E-state index in [1.165, 1.54) is 0 Å². The van der Waals surface area contributed by atoms with Crippen LogP contribution < -0.4 is 15.1 Å². The summed E-state index contributed by atoms with van der Waals surface area (Å²) in [5, 5.41) is 3.02. The van der Waals surface area contributed by atoms with Crippen molar-refractivity contribution < 1.29 is 13.9 Å². The number of nitrogens with zero attached hydrogens (tertiary/aromatic N) is 3. The van der Waals surface area contributed by atoms with Crippen LogP contribution in [0.5, 0.6) is 0 Å². The van der Waals surface area contributed by atoms with Crippen LogP contribution in [0.2, 0.25) is 0 Å². The number of carbonyl (C=O) groups is 1. The van der Waals surface area contributed by atoms with Crippen molar-refractivity contribution in [3.8, 4) is 0 Å². The lowest BCUT2D eigenvalue weighted by molar-refractivity contribution is -0.119. The Hall–Kier alpha value is -1.89. The van der Waals surface area contributed by atoms with Gasteiger partial charge in [-0.25, -0.2) is 9.37 Å². The summed E-state index contributed by atoms with van der Waals surface area (Å²) in [5.74, 6) is 1.47. The molecule has 2 aliphatic rings. The summed E-state index contributed by atoms with van der Waals surface area (Å²) in [6.07, 6.45) is 0.430. The molecule has 2 atom stereocenters. The van der Waals surface area contributed by atoms with Crippen LogP contribution >= 0.6 is 0 Å². The van der Waals surface area contributed by atoms with Crippen LogP contribution in [0.15, 0.2) is 6.07 Å².